The Kier molecular flexibility index (Phi) is 3.86. The lowest BCUT2D eigenvalue weighted by molar-refractivity contribution is 0.106. The van der Waals surface area contributed by atoms with Gasteiger partial charge in [-0.3, -0.25) is 0 Å². The first-order valence-electron chi connectivity index (χ1n) is 9.45. The highest BCUT2D eigenvalue weighted by Crippen LogP contribution is 2.52. The first-order chi connectivity index (χ1) is 12.2. The molecule has 1 unspecified atom stereocenters. The van der Waals surface area contributed by atoms with Gasteiger partial charge >= 0.3 is 0 Å². The third-order valence-electron chi connectivity index (χ3n) is 6.57. The van der Waals surface area contributed by atoms with E-state index in [0.717, 1.165) is 36.4 Å². The standard InChI is InChI=1S/C18H24ClN5O/c19-14-5-12-13(11(14)6-15(12)25)7-24-9-22-16-17(20-8-21-18(16)24)23-10-3-1-2-4-10/h8-15,25H,1-7H2,(H,20,21,23)/t11-,12-,13-,14-,15?/m0/s1. The van der Waals surface area contributed by atoms with Gasteiger partial charge in [0.05, 0.1) is 12.4 Å². The van der Waals surface area contributed by atoms with Crippen LogP contribution in [0.1, 0.15) is 38.5 Å². The Labute approximate surface area is 152 Å². The predicted molar refractivity (Wildman–Crippen MR) is 96.6 cm³/mol. The molecular weight excluding hydrogens is 338 g/mol. The van der Waals surface area contributed by atoms with E-state index >= 15 is 0 Å². The number of hydrogen-bond acceptors (Lipinski definition) is 5. The van der Waals surface area contributed by atoms with Crippen molar-refractivity contribution in [3.05, 3.63) is 12.7 Å². The molecule has 5 rings (SSSR count). The molecule has 3 fully saturated rings. The highest BCUT2D eigenvalue weighted by Gasteiger charge is 2.52. The van der Waals surface area contributed by atoms with Crippen LogP contribution in [0.15, 0.2) is 12.7 Å². The quantitative estimate of drug-likeness (QED) is 0.819. The summed E-state index contributed by atoms with van der Waals surface area (Å²) in [6.45, 7) is 0.825. The van der Waals surface area contributed by atoms with Crippen molar-refractivity contribution in [2.45, 2.75) is 62.6 Å². The number of nitrogens with one attached hydrogen (secondary N) is 1. The number of aliphatic hydroxyl groups excluding tert-OH is 1. The fourth-order valence-electron chi connectivity index (χ4n) is 5.30. The van der Waals surface area contributed by atoms with Crippen LogP contribution < -0.4 is 5.32 Å². The van der Waals surface area contributed by atoms with Crippen molar-refractivity contribution in [2.75, 3.05) is 5.32 Å². The Morgan fingerprint density at radius 2 is 2.00 bits per heavy atom. The Bertz CT molecular complexity index is 758. The van der Waals surface area contributed by atoms with Crippen molar-refractivity contribution < 1.29 is 5.11 Å². The largest absolute Gasteiger partial charge is 0.393 e. The highest BCUT2D eigenvalue weighted by molar-refractivity contribution is 6.21. The van der Waals surface area contributed by atoms with Gasteiger partial charge in [-0.15, -0.1) is 11.6 Å². The summed E-state index contributed by atoms with van der Waals surface area (Å²) < 4.78 is 2.12. The van der Waals surface area contributed by atoms with Gasteiger partial charge in [0.25, 0.3) is 0 Å². The minimum Gasteiger partial charge on any atom is -0.393 e. The van der Waals surface area contributed by atoms with Gasteiger partial charge in [0, 0.05) is 18.0 Å². The van der Waals surface area contributed by atoms with E-state index in [9.17, 15) is 5.11 Å². The number of rotatable bonds is 4. The molecule has 3 aliphatic carbocycles. The van der Waals surface area contributed by atoms with Crippen molar-refractivity contribution in [3.63, 3.8) is 0 Å². The minimum atomic E-state index is -0.200. The fourth-order valence-corrected chi connectivity index (χ4v) is 5.79. The van der Waals surface area contributed by atoms with E-state index in [0.29, 0.717) is 23.8 Å². The summed E-state index contributed by atoms with van der Waals surface area (Å²) in [5.41, 5.74) is 1.73. The molecule has 0 radical (unpaired) electrons. The van der Waals surface area contributed by atoms with E-state index in [1.165, 1.54) is 25.7 Å². The smallest absolute Gasteiger partial charge is 0.165 e. The van der Waals surface area contributed by atoms with Crippen LogP contribution in [-0.2, 0) is 6.54 Å². The van der Waals surface area contributed by atoms with Crippen LogP contribution in [0.2, 0.25) is 0 Å². The normalized spacial score (nSPS) is 35.0. The molecule has 0 spiro atoms. The second-order valence-corrected chi connectivity index (χ2v) is 8.52. The summed E-state index contributed by atoms with van der Waals surface area (Å²) in [6, 6.07) is 0.501. The maximum absolute atomic E-state index is 10.2. The first-order valence-corrected chi connectivity index (χ1v) is 9.89. The molecule has 2 aromatic heterocycles. The molecule has 0 amide bonds. The van der Waals surface area contributed by atoms with E-state index in [2.05, 4.69) is 24.8 Å². The summed E-state index contributed by atoms with van der Waals surface area (Å²) >= 11 is 6.48. The van der Waals surface area contributed by atoms with Crippen molar-refractivity contribution >= 4 is 28.6 Å². The molecule has 6 nitrogen and oxygen atoms in total. The van der Waals surface area contributed by atoms with Crippen molar-refractivity contribution in [1.82, 2.24) is 19.5 Å². The van der Waals surface area contributed by atoms with Gasteiger partial charge in [0.2, 0.25) is 0 Å². The molecule has 3 saturated carbocycles. The van der Waals surface area contributed by atoms with E-state index in [1.54, 1.807) is 6.33 Å². The zero-order chi connectivity index (χ0) is 17.0. The zero-order valence-electron chi connectivity index (χ0n) is 14.2. The Morgan fingerprint density at radius 1 is 1.16 bits per heavy atom. The van der Waals surface area contributed by atoms with Gasteiger partial charge in [-0.1, -0.05) is 12.8 Å². The molecule has 3 aliphatic rings. The molecule has 2 aromatic rings. The lowest BCUT2D eigenvalue weighted by atomic mass is 9.97. The molecule has 0 saturated heterocycles. The SMILES string of the molecule is OC1C[C@H]2[C@H](Cn3cnc4c(NC5CCCC5)ncnc43)[C@@H]1C[C@@H]2Cl. The first kappa shape index (κ1) is 15.8. The van der Waals surface area contributed by atoms with Gasteiger partial charge in [0.15, 0.2) is 11.5 Å². The maximum atomic E-state index is 10.2. The molecule has 0 aliphatic heterocycles. The van der Waals surface area contributed by atoms with Gasteiger partial charge in [-0.25, -0.2) is 15.0 Å². The van der Waals surface area contributed by atoms with Crippen LogP contribution in [0.4, 0.5) is 5.82 Å². The summed E-state index contributed by atoms with van der Waals surface area (Å²) in [4.78, 5) is 13.5. The van der Waals surface area contributed by atoms with Crippen LogP contribution in [0.25, 0.3) is 11.2 Å². The Morgan fingerprint density at radius 3 is 2.76 bits per heavy atom. The third-order valence-corrected chi connectivity index (χ3v) is 7.08. The van der Waals surface area contributed by atoms with Gasteiger partial charge in [-0.05, 0) is 43.4 Å². The van der Waals surface area contributed by atoms with Gasteiger partial charge < -0.3 is 15.0 Å². The van der Waals surface area contributed by atoms with Crippen LogP contribution in [0.3, 0.4) is 0 Å². The number of alkyl halides is 1. The Balaban J connectivity index is 1.41. The molecular formula is C18H24ClN5O. The van der Waals surface area contributed by atoms with Crippen LogP contribution >= 0.6 is 11.6 Å². The third kappa shape index (κ3) is 2.61. The Hall–Kier alpha value is -1.40. The van der Waals surface area contributed by atoms with Gasteiger partial charge in [-0.2, -0.15) is 0 Å². The van der Waals surface area contributed by atoms with E-state index < -0.39 is 0 Å². The number of imidazole rings is 1. The summed E-state index contributed by atoms with van der Waals surface area (Å²) in [7, 11) is 0. The molecule has 2 bridgehead atoms. The van der Waals surface area contributed by atoms with Gasteiger partial charge in [0.1, 0.15) is 11.8 Å². The molecule has 2 heterocycles. The number of anilines is 1. The van der Waals surface area contributed by atoms with Crippen molar-refractivity contribution in [1.29, 1.82) is 0 Å². The number of halogens is 1. The van der Waals surface area contributed by atoms with E-state index in [-0.39, 0.29) is 11.5 Å². The summed E-state index contributed by atoms with van der Waals surface area (Å²) in [5.74, 6) is 1.97. The highest BCUT2D eigenvalue weighted by atomic mass is 35.5. The number of hydrogen-bond donors (Lipinski definition) is 2. The maximum Gasteiger partial charge on any atom is 0.165 e. The van der Waals surface area contributed by atoms with Crippen molar-refractivity contribution in [2.24, 2.45) is 17.8 Å². The molecule has 5 atom stereocenters. The summed E-state index contributed by atoms with van der Waals surface area (Å²) in [5, 5.41) is 14.0. The van der Waals surface area contributed by atoms with Crippen LogP contribution in [-0.4, -0.2) is 42.1 Å². The average molecular weight is 362 g/mol. The fraction of sp³-hybridized carbons (Fsp3) is 0.722. The van der Waals surface area contributed by atoms with E-state index in [4.69, 9.17) is 11.6 Å². The number of nitrogens with zero attached hydrogens (tertiary/aromatic N) is 4. The molecule has 2 N–H and O–H groups in total. The number of aliphatic hydroxyl groups is 1. The number of fused-ring (bicyclic) bond motifs is 3. The molecule has 25 heavy (non-hydrogen) atoms. The van der Waals surface area contributed by atoms with E-state index in [1.807, 2.05) is 6.33 Å². The molecule has 0 aromatic carbocycles. The van der Waals surface area contributed by atoms with Crippen LogP contribution in [0, 0.1) is 17.8 Å². The van der Waals surface area contributed by atoms with Crippen LogP contribution in [0.5, 0.6) is 0 Å². The lowest BCUT2D eigenvalue weighted by Crippen LogP contribution is -2.21. The second-order valence-electron chi connectivity index (χ2n) is 7.96. The molecule has 134 valence electrons. The molecule has 7 heteroatoms. The number of aromatic nitrogens is 4. The topological polar surface area (TPSA) is 75.9 Å². The zero-order valence-corrected chi connectivity index (χ0v) is 14.9. The minimum absolute atomic E-state index is 0.197. The summed E-state index contributed by atoms with van der Waals surface area (Å²) in [6.07, 6.45) is 10.0. The lowest BCUT2D eigenvalue weighted by Gasteiger charge is -2.19. The van der Waals surface area contributed by atoms with Crippen molar-refractivity contribution in [3.8, 4) is 0 Å². The predicted octanol–water partition coefficient (Wildman–Crippen LogP) is 2.81. The monoisotopic (exact) mass is 361 g/mol. The second kappa shape index (κ2) is 6.09. The average Bonchev–Trinajstić information content (AvgIpc) is 3.35.